The fourth-order valence-electron chi connectivity index (χ4n) is 1.62. The number of carbonyl (C=O) groups excluding carboxylic acids is 1. The lowest BCUT2D eigenvalue weighted by atomic mass is 10.3. The van der Waals surface area contributed by atoms with Gasteiger partial charge in [0, 0.05) is 22.0 Å². The maximum absolute atomic E-state index is 11.9. The molecule has 0 amide bonds. The molecule has 0 N–H and O–H groups in total. The second-order valence-electron chi connectivity index (χ2n) is 4.49. The molecule has 0 saturated heterocycles. The summed E-state index contributed by atoms with van der Waals surface area (Å²) in [5.41, 5.74) is 0.548. The van der Waals surface area contributed by atoms with Gasteiger partial charge in [-0.2, -0.15) is 0 Å². The van der Waals surface area contributed by atoms with Crippen molar-refractivity contribution >= 4 is 45.5 Å². The zero-order valence-electron chi connectivity index (χ0n) is 11.8. The first-order chi connectivity index (χ1) is 10.9. The molecular weight excluding hydrogens is 365 g/mol. The SMILES string of the molecule is CC(Oc1ccc(Cl)cc1Cl)C(=O)OCc1csc([N+](=O)[O-])c1. The fraction of sp³-hybridized carbons (Fsp3) is 0.214. The van der Waals surface area contributed by atoms with Crippen LogP contribution in [0.3, 0.4) is 0 Å². The summed E-state index contributed by atoms with van der Waals surface area (Å²) in [4.78, 5) is 22.0. The molecule has 0 radical (unpaired) electrons. The first-order valence-electron chi connectivity index (χ1n) is 6.37. The summed E-state index contributed by atoms with van der Waals surface area (Å²) in [6.07, 6.45) is -0.887. The Morgan fingerprint density at radius 3 is 2.74 bits per heavy atom. The molecule has 0 aliphatic carbocycles. The normalized spacial score (nSPS) is 11.8. The van der Waals surface area contributed by atoms with Crippen LogP contribution in [0, 0.1) is 10.1 Å². The second kappa shape index (κ2) is 7.63. The van der Waals surface area contributed by atoms with Gasteiger partial charge in [0.25, 0.3) is 0 Å². The van der Waals surface area contributed by atoms with Crippen molar-refractivity contribution in [2.24, 2.45) is 0 Å². The fourth-order valence-corrected chi connectivity index (χ4v) is 2.78. The lowest BCUT2D eigenvalue weighted by molar-refractivity contribution is -0.380. The Bertz CT molecular complexity index is 734. The third-order valence-electron chi connectivity index (χ3n) is 2.73. The molecule has 2 rings (SSSR count). The van der Waals surface area contributed by atoms with Crippen molar-refractivity contribution in [3.63, 3.8) is 0 Å². The minimum absolute atomic E-state index is 0.00621. The summed E-state index contributed by atoms with van der Waals surface area (Å²) in [7, 11) is 0. The summed E-state index contributed by atoms with van der Waals surface area (Å²) in [6.45, 7) is 1.45. The standard InChI is InChI=1S/C14H11Cl2NO5S/c1-8(22-12-3-2-10(15)5-11(12)16)14(18)21-6-9-4-13(17(19)20)23-7-9/h2-5,7-8H,6H2,1H3. The summed E-state index contributed by atoms with van der Waals surface area (Å²) in [6, 6.07) is 6.00. The van der Waals surface area contributed by atoms with Crippen LogP contribution in [-0.2, 0) is 16.1 Å². The van der Waals surface area contributed by atoms with Gasteiger partial charge in [-0.1, -0.05) is 34.5 Å². The maximum atomic E-state index is 11.9. The number of hydrogen-bond donors (Lipinski definition) is 0. The number of carbonyl (C=O) groups is 1. The van der Waals surface area contributed by atoms with E-state index in [0.29, 0.717) is 16.3 Å². The van der Waals surface area contributed by atoms with Gasteiger partial charge in [-0.15, -0.1) is 0 Å². The van der Waals surface area contributed by atoms with E-state index >= 15 is 0 Å². The van der Waals surface area contributed by atoms with E-state index in [9.17, 15) is 14.9 Å². The van der Waals surface area contributed by atoms with Crippen molar-refractivity contribution in [1.29, 1.82) is 0 Å². The number of rotatable bonds is 6. The quantitative estimate of drug-likeness (QED) is 0.422. The average molecular weight is 376 g/mol. The van der Waals surface area contributed by atoms with Crippen molar-refractivity contribution in [2.45, 2.75) is 19.6 Å². The molecule has 2 aromatic rings. The Kier molecular flexibility index (Phi) is 5.81. The first-order valence-corrected chi connectivity index (χ1v) is 8.00. The molecule has 23 heavy (non-hydrogen) atoms. The Labute approximate surface area is 145 Å². The van der Waals surface area contributed by atoms with Crippen LogP contribution in [0.15, 0.2) is 29.6 Å². The summed E-state index contributed by atoms with van der Waals surface area (Å²) in [5, 5.41) is 12.9. The maximum Gasteiger partial charge on any atom is 0.347 e. The number of halogens is 2. The molecule has 6 nitrogen and oxygen atoms in total. The smallest absolute Gasteiger partial charge is 0.347 e. The van der Waals surface area contributed by atoms with Gasteiger partial charge in [-0.25, -0.2) is 4.79 Å². The topological polar surface area (TPSA) is 78.7 Å². The molecule has 1 unspecified atom stereocenters. The molecule has 0 fully saturated rings. The van der Waals surface area contributed by atoms with E-state index in [1.165, 1.54) is 19.1 Å². The summed E-state index contributed by atoms with van der Waals surface area (Å²) >= 11 is 12.7. The van der Waals surface area contributed by atoms with Gasteiger partial charge in [0.2, 0.25) is 0 Å². The Balaban J connectivity index is 1.90. The highest BCUT2D eigenvalue weighted by Crippen LogP contribution is 2.28. The van der Waals surface area contributed by atoms with Gasteiger partial charge in [0.1, 0.15) is 12.4 Å². The van der Waals surface area contributed by atoms with Crippen molar-refractivity contribution < 1.29 is 19.2 Å². The predicted molar refractivity (Wildman–Crippen MR) is 87.3 cm³/mol. The van der Waals surface area contributed by atoms with E-state index in [4.69, 9.17) is 32.7 Å². The van der Waals surface area contributed by atoms with Crippen molar-refractivity contribution in [3.05, 3.63) is 55.4 Å². The highest BCUT2D eigenvalue weighted by atomic mass is 35.5. The van der Waals surface area contributed by atoms with Gasteiger partial charge in [-0.05, 0) is 25.1 Å². The number of hydrogen-bond acceptors (Lipinski definition) is 6. The third-order valence-corrected chi connectivity index (χ3v) is 4.19. The van der Waals surface area contributed by atoms with Gasteiger partial charge >= 0.3 is 11.0 Å². The Morgan fingerprint density at radius 2 is 2.13 bits per heavy atom. The number of thiophene rings is 1. The van der Waals surface area contributed by atoms with Crippen LogP contribution in [0.5, 0.6) is 5.75 Å². The number of nitro groups is 1. The van der Waals surface area contributed by atoms with Crippen LogP contribution in [0.1, 0.15) is 12.5 Å². The molecule has 0 aliphatic heterocycles. The minimum Gasteiger partial charge on any atom is -0.477 e. The monoisotopic (exact) mass is 375 g/mol. The lowest BCUT2D eigenvalue weighted by Gasteiger charge is -2.14. The van der Waals surface area contributed by atoms with E-state index in [2.05, 4.69) is 0 Å². The van der Waals surface area contributed by atoms with Crippen LogP contribution in [0.25, 0.3) is 0 Å². The number of esters is 1. The van der Waals surface area contributed by atoms with Crippen LogP contribution < -0.4 is 4.74 Å². The molecule has 122 valence electrons. The minimum atomic E-state index is -0.887. The van der Waals surface area contributed by atoms with Gasteiger partial charge in [0.05, 0.1) is 9.95 Å². The van der Waals surface area contributed by atoms with E-state index in [1.54, 1.807) is 17.5 Å². The molecule has 1 aromatic heterocycles. The van der Waals surface area contributed by atoms with Gasteiger partial charge in [-0.3, -0.25) is 10.1 Å². The molecule has 0 aliphatic rings. The first kappa shape index (κ1) is 17.5. The van der Waals surface area contributed by atoms with E-state index < -0.39 is 17.0 Å². The number of benzene rings is 1. The Hall–Kier alpha value is -1.83. The lowest BCUT2D eigenvalue weighted by Crippen LogP contribution is -2.26. The molecule has 1 aromatic carbocycles. The molecule has 0 bridgehead atoms. The van der Waals surface area contributed by atoms with Crippen LogP contribution in [-0.4, -0.2) is 17.0 Å². The Morgan fingerprint density at radius 1 is 1.39 bits per heavy atom. The molecule has 1 heterocycles. The van der Waals surface area contributed by atoms with Crippen LogP contribution in [0.4, 0.5) is 5.00 Å². The number of nitrogens with zero attached hydrogens (tertiary/aromatic N) is 1. The highest BCUT2D eigenvalue weighted by Gasteiger charge is 2.19. The van der Waals surface area contributed by atoms with Crippen molar-refractivity contribution in [3.8, 4) is 5.75 Å². The summed E-state index contributed by atoms with van der Waals surface area (Å²) < 4.78 is 10.5. The third kappa shape index (κ3) is 4.82. The average Bonchev–Trinajstić information content (AvgIpc) is 2.96. The molecule has 0 saturated carbocycles. The van der Waals surface area contributed by atoms with Crippen LogP contribution >= 0.6 is 34.5 Å². The highest BCUT2D eigenvalue weighted by molar-refractivity contribution is 7.13. The van der Waals surface area contributed by atoms with Gasteiger partial charge in [0.15, 0.2) is 6.10 Å². The molecule has 1 atom stereocenters. The zero-order chi connectivity index (χ0) is 17.0. The molecule has 9 heteroatoms. The second-order valence-corrected chi connectivity index (χ2v) is 6.23. The van der Waals surface area contributed by atoms with E-state index in [0.717, 1.165) is 11.3 Å². The van der Waals surface area contributed by atoms with Crippen molar-refractivity contribution in [1.82, 2.24) is 0 Å². The van der Waals surface area contributed by atoms with Crippen LogP contribution in [0.2, 0.25) is 10.0 Å². The molecular formula is C14H11Cl2NO5S. The molecule has 0 spiro atoms. The van der Waals surface area contributed by atoms with E-state index in [1.807, 2.05) is 0 Å². The number of ether oxygens (including phenoxy) is 2. The van der Waals surface area contributed by atoms with Crippen molar-refractivity contribution in [2.75, 3.05) is 0 Å². The summed E-state index contributed by atoms with van der Waals surface area (Å²) in [5.74, 6) is -0.295. The van der Waals surface area contributed by atoms with Gasteiger partial charge < -0.3 is 9.47 Å². The van der Waals surface area contributed by atoms with E-state index in [-0.39, 0.29) is 16.6 Å². The predicted octanol–water partition coefficient (Wildman–Crippen LogP) is 4.47. The zero-order valence-corrected chi connectivity index (χ0v) is 14.2. The largest absolute Gasteiger partial charge is 0.477 e.